The Morgan fingerprint density at radius 1 is 1.04 bits per heavy atom. The van der Waals surface area contributed by atoms with Gasteiger partial charge in [-0.05, 0) is 42.5 Å². The van der Waals surface area contributed by atoms with E-state index in [2.05, 4.69) is 0 Å². The molecular formula is C15H10Cl2F3N2O5S-. The quantitative estimate of drug-likeness (QED) is 0.677. The van der Waals surface area contributed by atoms with E-state index in [9.17, 15) is 26.4 Å². The predicted octanol–water partition coefficient (Wildman–Crippen LogP) is 1.99. The SMILES string of the molecule is Nc1ccc(C(=O)NS(=O)(=O)c2ccc(Cl)cc2)c(Cl)c1.O=C([O-])C(F)(F)F. The van der Waals surface area contributed by atoms with Crippen molar-refractivity contribution in [3.63, 3.8) is 0 Å². The first-order valence-corrected chi connectivity index (χ1v) is 9.14. The zero-order valence-corrected chi connectivity index (χ0v) is 15.8. The van der Waals surface area contributed by atoms with Crippen LogP contribution >= 0.6 is 23.2 Å². The van der Waals surface area contributed by atoms with Crippen LogP contribution in [-0.2, 0) is 14.8 Å². The van der Waals surface area contributed by atoms with Gasteiger partial charge in [0.15, 0.2) is 0 Å². The number of carboxylic acids is 1. The molecule has 2 aromatic carbocycles. The molecule has 0 unspecified atom stereocenters. The summed E-state index contributed by atoms with van der Waals surface area (Å²) in [6.45, 7) is 0. The van der Waals surface area contributed by atoms with E-state index >= 15 is 0 Å². The highest BCUT2D eigenvalue weighted by atomic mass is 35.5. The molecule has 0 spiro atoms. The normalized spacial score (nSPS) is 11.2. The Hall–Kier alpha value is -2.50. The number of benzene rings is 2. The fourth-order valence-electron chi connectivity index (χ4n) is 1.57. The van der Waals surface area contributed by atoms with Gasteiger partial charge in [-0.15, -0.1) is 0 Å². The molecule has 0 aliphatic rings. The summed E-state index contributed by atoms with van der Waals surface area (Å²) >= 11 is 11.6. The Bertz CT molecular complexity index is 980. The van der Waals surface area contributed by atoms with E-state index in [0.717, 1.165) is 0 Å². The molecule has 7 nitrogen and oxygen atoms in total. The third-order valence-corrected chi connectivity index (χ3v) is 4.73. The molecule has 3 N–H and O–H groups in total. The van der Waals surface area contributed by atoms with Crippen molar-refractivity contribution in [2.45, 2.75) is 11.1 Å². The molecular weight excluding hydrogens is 448 g/mol. The van der Waals surface area contributed by atoms with E-state index in [-0.39, 0.29) is 15.5 Å². The summed E-state index contributed by atoms with van der Waals surface area (Å²) in [4.78, 5) is 20.7. The van der Waals surface area contributed by atoms with Crippen LogP contribution in [0.4, 0.5) is 18.9 Å². The topological polar surface area (TPSA) is 129 Å². The van der Waals surface area contributed by atoms with E-state index in [0.29, 0.717) is 10.7 Å². The maximum Gasteiger partial charge on any atom is 0.430 e. The summed E-state index contributed by atoms with van der Waals surface area (Å²) in [5.41, 5.74) is 5.90. The van der Waals surface area contributed by atoms with E-state index in [4.69, 9.17) is 38.8 Å². The maximum atomic E-state index is 12.1. The van der Waals surface area contributed by atoms with Crippen molar-refractivity contribution in [2.75, 3.05) is 5.73 Å². The summed E-state index contributed by atoms with van der Waals surface area (Å²) in [6.07, 6.45) is -5.19. The number of rotatable bonds is 3. The van der Waals surface area contributed by atoms with Crippen LogP contribution in [0.1, 0.15) is 10.4 Å². The summed E-state index contributed by atoms with van der Waals surface area (Å²) in [7, 11) is -4.00. The van der Waals surface area contributed by atoms with Gasteiger partial charge in [0.2, 0.25) is 0 Å². The van der Waals surface area contributed by atoms with Crippen molar-refractivity contribution < 1.29 is 36.3 Å². The standard InChI is InChI=1S/C13H10Cl2N2O3S.C2HF3O2/c14-8-1-4-10(5-2-8)21(19,20)17-13(18)11-6-3-9(16)7-12(11)15;3-2(4,5)1(6)7/h1-7H,16H2,(H,17,18);(H,6,7)/p-1. The number of carbonyl (C=O) groups is 2. The number of alkyl halides is 3. The second-order valence-electron chi connectivity index (χ2n) is 4.91. The molecule has 0 saturated heterocycles. The van der Waals surface area contributed by atoms with Gasteiger partial charge in [-0.1, -0.05) is 23.2 Å². The number of sulfonamides is 1. The maximum absolute atomic E-state index is 12.1. The van der Waals surface area contributed by atoms with Crippen LogP contribution in [0.3, 0.4) is 0 Å². The number of anilines is 1. The molecule has 0 bridgehead atoms. The van der Waals surface area contributed by atoms with Gasteiger partial charge < -0.3 is 15.6 Å². The average Bonchev–Trinajstić information content (AvgIpc) is 2.54. The van der Waals surface area contributed by atoms with Crippen molar-refractivity contribution in [1.82, 2.24) is 4.72 Å². The number of nitrogens with two attached hydrogens (primary N) is 1. The molecule has 0 saturated carbocycles. The monoisotopic (exact) mass is 457 g/mol. The highest BCUT2D eigenvalue weighted by Gasteiger charge is 2.28. The lowest BCUT2D eigenvalue weighted by Gasteiger charge is -2.08. The van der Waals surface area contributed by atoms with Crippen molar-refractivity contribution in [2.24, 2.45) is 0 Å². The van der Waals surface area contributed by atoms with Gasteiger partial charge in [0, 0.05) is 10.7 Å². The fourth-order valence-corrected chi connectivity index (χ4v) is 2.93. The van der Waals surface area contributed by atoms with Gasteiger partial charge in [0.25, 0.3) is 15.9 Å². The van der Waals surface area contributed by atoms with Crippen LogP contribution in [0.2, 0.25) is 10.0 Å². The zero-order valence-electron chi connectivity index (χ0n) is 13.5. The van der Waals surface area contributed by atoms with Crippen molar-refractivity contribution in [3.05, 3.63) is 58.1 Å². The Labute approximate surface area is 166 Å². The number of carboxylic acid groups (broad SMARTS) is 1. The van der Waals surface area contributed by atoms with Crippen LogP contribution in [0.5, 0.6) is 0 Å². The summed E-state index contributed by atoms with van der Waals surface area (Å²) < 4.78 is 57.6. The average molecular weight is 458 g/mol. The van der Waals surface area contributed by atoms with Crippen LogP contribution in [0, 0.1) is 0 Å². The minimum absolute atomic E-state index is 0.0170. The van der Waals surface area contributed by atoms with Gasteiger partial charge >= 0.3 is 6.18 Å². The van der Waals surface area contributed by atoms with Crippen LogP contribution in [0.15, 0.2) is 47.4 Å². The largest absolute Gasteiger partial charge is 0.542 e. The zero-order chi connectivity index (χ0) is 21.7. The van der Waals surface area contributed by atoms with Gasteiger partial charge in [-0.3, -0.25) is 4.79 Å². The Morgan fingerprint density at radius 2 is 1.54 bits per heavy atom. The molecule has 0 fully saturated rings. The smallest absolute Gasteiger partial charge is 0.430 e. The summed E-state index contributed by atoms with van der Waals surface area (Å²) in [6, 6.07) is 9.59. The third kappa shape index (κ3) is 6.91. The number of amides is 1. The van der Waals surface area contributed by atoms with Gasteiger partial charge in [-0.2, -0.15) is 13.2 Å². The van der Waals surface area contributed by atoms with Gasteiger partial charge in [0.05, 0.1) is 15.5 Å². The lowest BCUT2D eigenvalue weighted by Crippen LogP contribution is -2.37. The number of carbonyl (C=O) groups excluding carboxylic acids is 2. The Kier molecular flexibility index (Phi) is 7.67. The van der Waals surface area contributed by atoms with Crippen molar-refractivity contribution in [1.29, 1.82) is 0 Å². The number of nitrogen functional groups attached to an aromatic ring is 1. The van der Waals surface area contributed by atoms with Crippen LogP contribution in [-0.4, -0.2) is 26.5 Å². The summed E-state index contributed by atoms with van der Waals surface area (Å²) in [5.74, 6) is -3.84. The van der Waals surface area contributed by atoms with E-state index in [1.165, 1.54) is 42.5 Å². The van der Waals surface area contributed by atoms with E-state index in [1.54, 1.807) is 0 Å². The number of aliphatic carboxylic acids is 1. The van der Waals surface area contributed by atoms with Crippen LogP contribution in [0.25, 0.3) is 0 Å². The molecule has 0 atom stereocenters. The number of hydrogen-bond acceptors (Lipinski definition) is 6. The number of nitrogens with one attached hydrogen (secondary N) is 1. The molecule has 2 aromatic rings. The highest BCUT2D eigenvalue weighted by Crippen LogP contribution is 2.20. The van der Waals surface area contributed by atoms with E-state index in [1.807, 2.05) is 4.72 Å². The minimum Gasteiger partial charge on any atom is -0.542 e. The molecule has 0 aromatic heterocycles. The number of hydrogen-bond donors (Lipinski definition) is 2. The third-order valence-electron chi connectivity index (χ3n) is 2.82. The Balaban J connectivity index is 0.000000480. The minimum atomic E-state index is -5.19. The molecule has 0 aliphatic heterocycles. The highest BCUT2D eigenvalue weighted by molar-refractivity contribution is 7.90. The predicted molar refractivity (Wildman–Crippen MR) is 93.0 cm³/mol. The fraction of sp³-hybridized carbons (Fsp3) is 0.0667. The molecule has 0 radical (unpaired) electrons. The van der Waals surface area contributed by atoms with Crippen LogP contribution < -0.4 is 15.6 Å². The molecule has 0 heterocycles. The van der Waals surface area contributed by atoms with Crippen molar-refractivity contribution >= 4 is 50.8 Å². The van der Waals surface area contributed by atoms with Gasteiger partial charge in [-0.25, -0.2) is 13.1 Å². The first-order chi connectivity index (χ1) is 12.7. The van der Waals surface area contributed by atoms with Crippen molar-refractivity contribution in [3.8, 4) is 0 Å². The second kappa shape index (κ2) is 9.13. The molecule has 2 rings (SSSR count). The Morgan fingerprint density at radius 3 is 1.96 bits per heavy atom. The number of halogens is 5. The van der Waals surface area contributed by atoms with Gasteiger partial charge in [0.1, 0.15) is 5.97 Å². The molecule has 13 heteroatoms. The van der Waals surface area contributed by atoms with E-state index < -0.39 is 28.1 Å². The second-order valence-corrected chi connectivity index (χ2v) is 7.44. The molecule has 0 aliphatic carbocycles. The lowest BCUT2D eigenvalue weighted by molar-refractivity contribution is -0.344. The first-order valence-electron chi connectivity index (χ1n) is 6.90. The summed E-state index contributed by atoms with van der Waals surface area (Å²) in [5, 5.41) is 9.24. The lowest BCUT2D eigenvalue weighted by atomic mass is 10.2. The molecule has 28 heavy (non-hydrogen) atoms. The molecule has 152 valence electrons. The first kappa shape index (κ1) is 23.5. The molecule has 1 amide bonds.